The molecule has 3 nitrogen and oxygen atoms in total. The molecule has 170 valence electrons. The van der Waals surface area contributed by atoms with Gasteiger partial charge in [0.15, 0.2) is 0 Å². The Kier molecular flexibility index (Phi) is 15.1. The van der Waals surface area contributed by atoms with E-state index in [0.717, 1.165) is 77.0 Å². The fourth-order valence-electron chi connectivity index (χ4n) is 5.08. The van der Waals surface area contributed by atoms with Crippen LogP contribution in [0.1, 0.15) is 131 Å². The van der Waals surface area contributed by atoms with Gasteiger partial charge in [-0.05, 0) is 37.0 Å². The van der Waals surface area contributed by atoms with E-state index in [0.29, 0.717) is 24.7 Å². The highest BCUT2D eigenvalue weighted by Gasteiger charge is 2.52. The molecule has 0 heterocycles. The third kappa shape index (κ3) is 8.88. The Morgan fingerprint density at radius 3 is 1.36 bits per heavy atom. The summed E-state index contributed by atoms with van der Waals surface area (Å²) in [6.07, 6.45) is 14.3. The third-order valence-corrected chi connectivity index (χ3v) is 9.00. The Morgan fingerprint density at radius 1 is 0.679 bits per heavy atom. The molecule has 0 spiro atoms. The van der Waals surface area contributed by atoms with E-state index in [9.17, 15) is 14.4 Å². The highest BCUT2D eigenvalue weighted by molar-refractivity contribution is 7.53. The fraction of sp³-hybridized carbons (Fsp3) is 1.00. The first-order valence-corrected chi connectivity index (χ1v) is 13.9. The standard InChI is InChI=1S/C24H51O3P/c1-7-13-16-21(10-4)19-24(28(25,26)27,23(12-6)18-15-9-3)20-22(11-5)17-14-8-2/h21-23H,7-20H2,1-6H3,(H2,25,26,27). The van der Waals surface area contributed by atoms with Gasteiger partial charge in [-0.1, -0.05) is 112 Å². The van der Waals surface area contributed by atoms with Crippen LogP contribution < -0.4 is 0 Å². The van der Waals surface area contributed by atoms with Crippen molar-refractivity contribution in [3.63, 3.8) is 0 Å². The van der Waals surface area contributed by atoms with E-state index in [1.165, 1.54) is 0 Å². The second kappa shape index (κ2) is 15.0. The zero-order chi connectivity index (χ0) is 21.6. The Hall–Kier alpha value is 0.150. The molecule has 3 atom stereocenters. The monoisotopic (exact) mass is 418 g/mol. The van der Waals surface area contributed by atoms with Crippen LogP contribution in [0.4, 0.5) is 0 Å². The van der Waals surface area contributed by atoms with Crippen LogP contribution in [0.25, 0.3) is 0 Å². The summed E-state index contributed by atoms with van der Waals surface area (Å²) in [6, 6.07) is 0. The van der Waals surface area contributed by atoms with Crippen LogP contribution in [0.5, 0.6) is 0 Å². The zero-order valence-electron chi connectivity index (χ0n) is 19.9. The van der Waals surface area contributed by atoms with Gasteiger partial charge in [0.2, 0.25) is 0 Å². The van der Waals surface area contributed by atoms with E-state index in [1.54, 1.807) is 0 Å². The average Bonchev–Trinajstić information content (AvgIpc) is 2.67. The molecule has 0 aromatic rings. The molecule has 0 bridgehead atoms. The summed E-state index contributed by atoms with van der Waals surface area (Å²) in [7, 11) is -4.22. The lowest BCUT2D eigenvalue weighted by Gasteiger charge is -2.45. The van der Waals surface area contributed by atoms with Crippen molar-refractivity contribution in [3.8, 4) is 0 Å². The largest absolute Gasteiger partial charge is 0.331 e. The first-order valence-electron chi connectivity index (χ1n) is 12.3. The van der Waals surface area contributed by atoms with E-state index >= 15 is 0 Å². The van der Waals surface area contributed by atoms with Crippen molar-refractivity contribution in [2.45, 2.75) is 137 Å². The Morgan fingerprint density at radius 2 is 1.07 bits per heavy atom. The summed E-state index contributed by atoms with van der Waals surface area (Å²) < 4.78 is 13.2. The maximum Gasteiger partial charge on any atom is 0.331 e. The Labute approximate surface area is 176 Å². The van der Waals surface area contributed by atoms with E-state index in [1.807, 2.05) is 0 Å². The molecule has 0 aromatic carbocycles. The van der Waals surface area contributed by atoms with Gasteiger partial charge < -0.3 is 9.79 Å². The number of rotatable bonds is 18. The molecule has 4 heteroatoms. The average molecular weight is 419 g/mol. The summed E-state index contributed by atoms with van der Waals surface area (Å²) in [5, 5.41) is -0.834. The molecule has 0 aliphatic carbocycles. The van der Waals surface area contributed by atoms with Gasteiger partial charge in [0.1, 0.15) is 0 Å². The first kappa shape index (κ1) is 28.1. The van der Waals surface area contributed by atoms with Gasteiger partial charge in [0, 0.05) is 0 Å². The predicted molar refractivity (Wildman–Crippen MR) is 124 cm³/mol. The van der Waals surface area contributed by atoms with E-state index in [-0.39, 0.29) is 5.92 Å². The summed E-state index contributed by atoms with van der Waals surface area (Å²) in [5.74, 6) is 0.971. The molecule has 0 aliphatic rings. The van der Waals surface area contributed by atoms with Crippen LogP contribution in [0, 0.1) is 17.8 Å². The molecule has 0 fully saturated rings. The van der Waals surface area contributed by atoms with Gasteiger partial charge in [-0.15, -0.1) is 0 Å². The van der Waals surface area contributed by atoms with Crippen LogP contribution in [-0.2, 0) is 4.57 Å². The number of hydrogen-bond donors (Lipinski definition) is 2. The van der Waals surface area contributed by atoms with E-state index in [2.05, 4.69) is 41.5 Å². The van der Waals surface area contributed by atoms with E-state index < -0.39 is 12.8 Å². The third-order valence-electron chi connectivity index (χ3n) is 7.11. The topological polar surface area (TPSA) is 57.5 Å². The molecular weight excluding hydrogens is 367 g/mol. The van der Waals surface area contributed by atoms with Crippen LogP contribution in [-0.4, -0.2) is 14.9 Å². The van der Waals surface area contributed by atoms with Crippen molar-refractivity contribution in [1.29, 1.82) is 0 Å². The SMILES string of the molecule is CCCCC(CC)CC(CC(CC)CCCC)(C(CC)CCCC)P(=O)(O)O. The molecule has 0 aromatic heterocycles. The lowest BCUT2D eigenvalue weighted by atomic mass is 9.72. The molecule has 3 unspecified atom stereocenters. The van der Waals surface area contributed by atoms with Gasteiger partial charge >= 0.3 is 7.60 Å². The molecular formula is C24H51O3P. The van der Waals surface area contributed by atoms with Crippen molar-refractivity contribution in [2.24, 2.45) is 17.8 Å². The number of unbranched alkanes of at least 4 members (excludes halogenated alkanes) is 3. The van der Waals surface area contributed by atoms with Crippen LogP contribution in [0.2, 0.25) is 0 Å². The quantitative estimate of drug-likeness (QED) is 0.220. The highest BCUT2D eigenvalue weighted by atomic mass is 31.2. The van der Waals surface area contributed by atoms with Gasteiger partial charge in [-0.25, -0.2) is 0 Å². The highest BCUT2D eigenvalue weighted by Crippen LogP contribution is 2.63. The molecule has 0 amide bonds. The summed E-state index contributed by atoms with van der Waals surface area (Å²) in [5.41, 5.74) is 0. The summed E-state index contributed by atoms with van der Waals surface area (Å²) in [4.78, 5) is 21.6. The number of hydrogen-bond acceptors (Lipinski definition) is 1. The van der Waals surface area contributed by atoms with Gasteiger partial charge in [0.25, 0.3) is 0 Å². The molecule has 0 saturated carbocycles. The smallest absolute Gasteiger partial charge is 0.324 e. The first-order chi connectivity index (χ1) is 13.3. The molecule has 2 N–H and O–H groups in total. The normalized spacial score (nSPS) is 17.9. The van der Waals surface area contributed by atoms with Gasteiger partial charge in [-0.3, -0.25) is 4.57 Å². The maximum absolute atomic E-state index is 13.2. The van der Waals surface area contributed by atoms with Crippen molar-refractivity contribution < 1.29 is 14.4 Å². The van der Waals surface area contributed by atoms with Crippen molar-refractivity contribution in [3.05, 3.63) is 0 Å². The minimum absolute atomic E-state index is 0.125. The Bertz CT molecular complexity index is 400. The molecule has 0 saturated heterocycles. The van der Waals surface area contributed by atoms with Crippen LogP contribution in [0.15, 0.2) is 0 Å². The second-order valence-electron chi connectivity index (χ2n) is 9.14. The second-order valence-corrected chi connectivity index (χ2v) is 11.1. The minimum Gasteiger partial charge on any atom is -0.324 e. The van der Waals surface area contributed by atoms with Crippen LogP contribution >= 0.6 is 7.60 Å². The molecule has 28 heavy (non-hydrogen) atoms. The predicted octanol–water partition coefficient (Wildman–Crippen LogP) is 8.33. The summed E-state index contributed by atoms with van der Waals surface area (Å²) >= 11 is 0. The van der Waals surface area contributed by atoms with Crippen molar-refractivity contribution in [1.82, 2.24) is 0 Å². The minimum atomic E-state index is -4.22. The summed E-state index contributed by atoms with van der Waals surface area (Å²) in [6.45, 7) is 13.1. The lowest BCUT2D eigenvalue weighted by Crippen LogP contribution is -2.42. The van der Waals surface area contributed by atoms with E-state index in [4.69, 9.17) is 0 Å². The lowest BCUT2D eigenvalue weighted by molar-refractivity contribution is 0.170. The van der Waals surface area contributed by atoms with Crippen molar-refractivity contribution >= 4 is 7.60 Å². The fourth-order valence-corrected chi connectivity index (χ4v) is 6.86. The van der Waals surface area contributed by atoms with Gasteiger partial charge in [-0.2, -0.15) is 0 Å². The molecule has 0 radical (unpaired) electrons. The zero-order valence-corrected chi connectivity index (χ0v) is 20.8. The van der Waals surface area contributed by atoms with Crippen molar-refractivity contribution in [2.75, 3.05) is 0 Å². The molecule has 0 aliphatic heterocycles. The Balaban J connectivity index is 6.01. The maximum atomic E-state index is 13.2. The molecule has 0 rings (SSSR count). The van der Waals surface area contributed by atoms with Gasteiger partial charge in [0.05, 0.1) is 5.16 Å². The van der Waals surface area contributed by atoms with Crippen LogP contribution in [0.3, 0.4) is 0 Å².